The lowest BCUT2D eigenvalue weighted by Crippen LogP contribution is -2.70. The van der Waals surface area contributed by atoms with Crippen molar-refractivity contribution < 1.29 is 50.3 Å². The zero-order valence-electron chi connectivity index (χ0n) is 24.4. The summed E-state index contributed by atoms with van der Waals surface area (Å²) < 4.78 is 8.17. The highest BCUT2D eigenvalue weighted by atomic mass is 16.5. The molecule has 0 saturated heterocycles. The van der Waals surface area contributed by atoms with Crippen LogP contribution in [-0.4, -0.2) is 49.2 Å². The molecule has 0 aromatic rings. The van der Waals surface area contributed by atoms with Crippen LogP contribution in [-0.2, 0) is 28.7 Å². The van der Waals surface area contributed by atoms with E-state index in [4.69, 9.17) is 0 Å². The minimum Gasteiger partial charge on any atom is -0.545 e. The lowest BCUT2D eigenvalue weighted by Gasteiger charge is -2.25. The fourth-order valence-electron chi connectivity index (χ4n) is 3.28. The Hall–Kier alpha value is -2.72. The van der Waals surface area contributed by atoms with Crippen molar-refractivity contribution in [2.24, 2.45) is 10.8 Å². The Kier molecular flexibility index (Phi) is 20.8. The first-order valence-electron chi connectivity index (χ1n) is 11.4. The zero-order chi connectivity index (χ0) is 30.0. The van der Waals surface area contributed by atoms with Crippen molar-refractivity contribution in [3.8, 4) is 0 Å². The van der Waals surface area contributed by atoms with E-state index < -0.39 is 23.9 Å². The van der Waals surface area contributed by atoms with E-state index in [-0.39, 0.29) is 11.1 Å². The molecule has 0 amide bonds. The predicted molar refractivity (Wildman–Crippen MR) is 134 cm³/mol. The summed E-state index contributed by atoms with van der Waals surface area (Å²) in [5.74, 6) is -4.25. The molecule has 0 aliphatic heterocycles. The molecule has 0 aliphatic carbocycles. The Morgan fingerprint density at radius 2 is 0.806 bits per heavy atom. The van der Waals surface area contributed by atoms with Crippen molar-refractivity contribution in [1.29, 1.82) is 0 Å². The third kappa shape index (κ3) is 52.9. The normalized spacial score (nSPS) is 11.7. The van der Waals surface area contributed by atoms with Crippen molar-refractivity contribution >= 4 is 23.9 Å². The molecule has 0 saturated carbocycles. The number of carboxylic acids is 2. The number of carbonyl (C=O) groups is 4. The minimum atomic E-state index is -1.42. The second-order valence-electron chi connectivity index (χ2n) is 12.2. The zero-order valence-corrected chi connectivity index (χ0v) is 24.4. The number of quaternary nitrogens is 2. The summed E-state index contributed by atoms with van der Waals surface area (Å²) in [6, 6.07) is 0. The average molecular weight is 519 g/mol. The van der Waals surface area contributed by atoms with Gasteiger partial charge in [0.05, 0.1) is 37.2 Å². The molecule has 0 rings (SSSR count). The van der Waals surface area contributed by atoms with E-state index in [0.717, 1.165) is 26.4 Å². The number of esters is 2. The molecule has 0 spiro atoms. The molecule has 0 radical (unpaired) electrons. The van der Waals surface area contributed by atoms with Gasteiger partial charge in [0.25, 0.3) is 0 Å². The van der Waals surface area contributed by atoms with E-state index in [1.807, 2.05) is 0 Å². The number of ether oxygens (including phenoxy) is 2. The molecule has 36 heavy (non-hydrogen) atoms. The van der Waals surface area contributed by atoms with Crippen molar-refractivity contribution in [3.05, 3.63) is 24.3 Å². The summed E-state index contributed by atoms with van der Waals surface area (Å²) in [7, 11) is 2.31. The summed E-state index contributed by atoms with van der Waals surface area (Å²) in [5.41, 5.74) is 9.42. The van der Waals surface area contributed by atoms with Gasteiger partial charge in [-0.3, -0.25) is 0 Å². The molecular weight excluding hydrogens is 468 g/mol. The van der Waals surface area contributed by atoms with E-state index in [1.54, 1.807) is 0 Å². The summed E-state index contributed by atoms with van der Waals surface area (Å²) in [5, 5.41) is 19.2. The van der Waals surface area contributed by atoms with E-state index in [1.165, 1.54) is 12.8 Å². The third-order valence-corrected chi connectivity index (χ3v) is 3.13. The Bertz CT molecular complexity index is 628. The Morgan fingerprint density at radius 3 is 0.889 bits per heavy atom. The molecule has 10 heteroatoms. The van der Waals surface area contributed by atoms with Crippen LogP contribution in [0, 0.1) is 10.8 Å². The maximum atomic E-state index is 10.1. The molecule has 0 aromatic carbocycles. The van der Waals surface area contributed by atoms with Gasteiger partial charge in [-0.15, -0.1) is 0 Å². The molecule has 10 nitrogen and oxygen atoms in total. The smallest absolute Gasteiger partial charge is 0.330 e. The molecular formula is C26H50N2O8. The molecule has 0 aromatic heterocycles. The highest BCUT2D eigenvalue weighted by Gasteiger charge is 2.24. The van der Waals surface area contributed by atoms with E-state index in [0.29, 0.717) is 23.0 Å². The largest absolute Gasteiger partial charge is 0.545 e. The highest BCUT2D eigenvalue weighted by molar-refractivity contribution is 5.90. The summed E-state index contributed by atoms with van der Waals surface area (Å²) in [4.78, 5) is 39.5. The van der Waals surface area contributed by atoms with Gasteiger partial charge in [-0.25, -0.2) is 9.59 Å². The molecule has 212 valence electrons. The average Bonchev–Trinajstić information content (AvgIpc) is 2.59. The lowest BCUT2D eigenvalue weighted by atomic mass is 9.82. The fraction of sp³-hybridized carbons (Fsp3) is 0.692. The van der Waals surface area contributed by atoms with Gasteiger partial charge in [0.2, 0.25) is 0 Å². The monoisotopic (exact) mass is 518 g/mol. The predicted octanol–water partition coefficient (Wildman–Crippen LogP) is -0.183. The maximum Gasteiger partial charge on any atom is 0.330 e. The summed E-state index contributed by atoms with van der Waals surface area (Å²) in [6.45, 7) is 22.2. The highest BCUT2D eigenvalue weighted by Crippen LogP contribution is 2.24. The molecule has 0 aliphatic rings. The topological polar surface area (TPSA) is 188 Å². The van der Waals surface area contributed by atoms with E-state index >= 15 is 0 Å². The third-order valence-electron chi connectivity index (χ3n) is 3.13. The number of carbonyl (C=O) groups excluding carboxylic acids is 4. The fourth-order valence-corrected chi connectivity index (χ4v) is 3.28. The van der Waals surface area contributed by atoms with Crippen molar-refractivity contribution in [2.45, 2.75) is 93.2 Å². The Morgan fingerprint density at radius 1 is 0.583 bits per heavy atom. The molecule has 0 heterocycles. The quantitative estimate of drug-likeness (QED) is 0.357. The van der Waals surface area contributed by atoms with Crippen LogP contribution in [0.4, 0.5) is 0 Å². The van der Waals surface area contributed by atoms with Crippen LogP contribution in [0.3, 0.4) is 0 Å². The van der Waals surface area contributed by atoms with Crippen LogP contribution >= 0.6 is 0 Å². The van der Waals surface area contributed by atoms with Gasteiger partial charge in [0.1, 0.15) is 0 Å². The van der Waals surface area contributed by atoms with Crippen LogP contribution in [0.5, 0.6) is 0 Å². The van der Waals surface area contributed by atoms with Crippen LogP contribution < -0.4 is 21.7 Å². The van der Waals surface area contributed by atoms with Gasteiger partial charge in [0.15, 0.2) is 0 Å². The first-order valence-corrected chi connectivity index (χ1v) is 11.4. The van der Waals surface area contributed by atoms with Crippen molar-refractivity contribution in [2.75, 3.05) is 14.2 Å². The Balaban J connectivity index is -0.000000190. The molecule has 0 fully saturated rings. The van der Waals surface area contributed by atoms with Crippen molar-refractivity contribution in [3.63, 3.8) is 0 Å². The van der Waals surface area contributed by atoms with Gasteiger partial charge >= 0.3 is 11.9 Å². The van der Waals surface area contributed by atoms with Crippen LogP contribution in [0.15, 0.2) is 24.3 Å². The first-order chi connectivity index (χ1) is 15.7. The van der Waals surface area contributed by atoms with Gasteiger partial charge in [0, 0.05) is 25.0 Å². The molecule has 0 atom stereocenters. The SMILES string of the molecule is CC(C)(C)CC(C)(C)[NH3+].CC(C)(C)CC(C)(C)[NH3+].COC(=O)/C=C\C(=O)[O-].COC(=O)/C=C\C(=O)[O-]. The molecule has 6 N–H and O–H groups in total. The second kappa shape index (κ2) is 18.5. The van der Waals surface area contributed by atoms with Crippen molar-refractivity contribution in [1.82, 2.24) is 0 Å². The van der Waals surface area contributed by atoms with E-state index in [9.17, 15) is 29.4 Å². The maximum absolute atomic E-state index is 10.1. The number of methoxy groups -OCH3 is 2. The van der Waals surface area contributed by atoms with Crippen LogP contribution in [0.1, 0.15) is 82.1 Å². The molecule has 0 bridgehead atoms. The van der Waals surface area contributed by atoms with Gasteiger partial charge < -0.3 is 40.7 Å². The van der Waals surface area contributed by atoms with Gasteiger partial charge in [-0.05, 0) is 50.7 Å². The minimum absolute atomic E-state index is 0.234. The second-order valence-corrected chi connectivity index (χ2v) is 12.2. The van der Waals surface area contributed by atoms with Gasteiger partial charge in [-0.2, -0.15) is 0 Å². The summed E-state index contributed by atoms with van der Waals surface area (Å²) >= 11 is 0. The lowest BCUT2D eigenvalue weighted by molar-refractivity contribution is -0.471. The number of hydrogen-bond donors (Lipinski definition) is 2. The molecule has 0 unspecified atom stereocenters. The Labute approximate surface area is 217 Å². The first kappa shape index (κ1) is 40.4. The number of hydrogen-bond acceptors (Lipinski definition) is 8. The summed E-state index contributed by atoms with van der Waals surface area (Å²) in [6.07, 6.45) is 5.11. The number of carboxylic acid groups (broad SMARTS) is 2. The van der Waals surface area contributed by atoms with Gasteiger partial charge in [-0.1, -0.05) is 41.5 Å². The van der Waals surface area contributed by atoms with E-state index in [2.05, 4.69) is 90.2 Å². The number of aliphatic carboxylic acids is 2. The van der Waals surface area contributed by atoms with Crippen LogP contribution in [0.2, 0.25) is 0 Å². The standard InChI is InChI=1S/2C8H19N.2C5H6O4/c2*1-7(2,3)6-8(4,5)9;2*1-9-5(8)3-2-4(6)7/h2*6,9H2,1-5H3;2*2-3H,1H3,(H,6,7)/b;;2*3-2-. The van der Waals surface area contributed by atoms with Crippen LogP contribution in [0.25, 0.3) is 0 Å². The number of rotatable bonds is 6.